The Morgan fingerprint density at radius 2 is 1.76 bits per heavy atom. The molecule has 0 saturated heterocycles. The Morgan fingerprint density at radius 3 is 2.71 bits per heavy atom. The van der Waals surface area contributed by atoms with Crippen molar-refractivity contribution in [3.63, 3.8) is 0 Å². The minimum Gasteiger partial charge on any atom is -0.398 e. The summed E-state index contributed by atoms with van der Waals surface area (Å²) in [4.78, 5) is 7.62. The molecule has 2 aliphatic carbocycles. The Hall–Kier alpha value is -1.09. The third kappa shape index (κ3) is 1.29. The molecule has 0 atom stereocenters. The number of anilines is 1. The van der Waals surface area contributed by atoms with Gasteiger partial charge in [0.15, 0.2) is 0 Å². The number of pyridine rings is 1. The van der Waals surface area contributed by atoms with E-state index in [-0.39, 0.29) is 0 Å². The molecule has 0 aromatic carbocycles. The Bertz CT molecular complexity index is 612. The fourth-order valence-corrected chi connectivity index (χ4v) is 4.62. The summed E-state index contributed by atoms with van der Waals surface area (Å²) in [5.74, 6) is 0. The average molecular weight is 244 g/mol. The van der Waals surface area contributed by atoms with Crippen LogP contribution in [-0.2, 0) is 25.7 Å². The SMILES string of the molecule is Nc1c2c(nc3sc4c(c13)CCC4)CCCC2. The predicted molar refractivity (Wildman–Crippen MR) is 72.7 cm³/mol. The summed E-state index contributed by atoms with van der Waals surface area (Å²) < 4.78 is 0. The molecule has 2 nitrogen and oxygen atoms in total. The minimum absolute atomic E-state index is 1.06. The first-order valence-electron chi connectivity index (χ1n) is 6.56. The molecule has 2 N–H and O–H groups in total. The third-order valence-electron chi connectivity index (χ3n) is 4.17. The number of rotatable bonds is 0. The molecule has 0 radical (unpaired) electrons. The van der Waals surface area contributed by atoms with E-state index in [1.165, 1.54) is 59.1 Å². The molecule has 2 aromatic heterocycles. The van der Waals surface area contributed by atoms with Crippen molar-refractivity contribution < 1.29 is 0 Å². The highest BCUT2D eigenvalue weighted by atomic mass is 32.1. The summed E-state index contributed by atoms with van der Waals surface area (Å²) in [7, 11) is 0. The fourth-order valence-electron chi connectivity index (χ4n) is 3.32. The van der Waals surface area contributed by atoms with Gasteiger partial charge in [-0.1, -0.05) is 0 Å². The molecule has 0 fully saturated rings. The van der Waals surface area contributed by atoms with Gasteiger partial charge in [-0.2, -0.15) is 0 Å². The van der Waals surface area contributed by atoms with Crippen LogP contribution in [0.5, 0.6) is 0 Å². The molecule has 3 heteroatoms. The van der Waals surface area contributed by atoms with Crippen molar-refractivity contribution in [2.45, 2.75) is 44.9 Å². The number of nitrogens with two attached hydrogens (primary N) is 1. The molecule has 2 heterocycles. The molecule has 88 valence electrons. The smallest absolute Gasteiger partial charge is 0.126 e. The van der Waals surface area contributed by atoms with Gasteiger partial charge in [0, 0.05) is 21.6 Å². The van der Waals surface area contributed by atoms with Crippen molar-refractivity contribution in [3.8, 4) is 0 Å². The quantitative estimate of drug-likeness (QED) is 0.772. The van der Waals surface area contributed by atoms with Gasteiger partial charge in [0.1, 0.15) is 4.83 Å². The van der Waals surface area contributed by atoms with Crippen LogP contribution in [0.2, 0.25) is 0 Å². The number of nitrogens with zero attached hydrogens (tertiary/aromatic N) is 1. The summed E-state index contributed by atoms with van der Waals surface area (Å²) in [6.07, 6.45) is 8.55. The van der Waals surface area contributed by atoms with Crippen LogP contribution in [0.15, 0.2) is 0 Å². The van der Waals surface area contributed by atoms with Gasteiger partial charge in [0.2, 0.25) is 0 Å². The standard InChI is InChI=1S/C14H16N2S/c15-13-8-4-1-2-6-10(8)16-14-12(13)9-5-3-7-11(9)17-14/h1-7H2,(H2,15,16). The number of thiophene rings is 1. The van der Waals surface area contributed by atoms with Crippen LogP contribution in [0, 0.1) is 0 Å². The largest absolute Gasteiger partial charge is 0.398 e. The highest BCUT2D eigenvalue weighted by molar-refractivity contribution is 7.19. The van der Waals surface area contributed by atoms with Crippen molar-refractivity contribution in [1.29, 1.82) is 0 Å². The van der Waals surface area contributed by atoms with Crippen LogP contribution in [0.4, 0.5) is 5.69 Å². The number of nitrogen functional groups attached to an aromatic ring is 1. The molecule has 0 amide bonds. The highest BCUT2D eigenvalue weighted by Gasteiger charge is 2.24. The summed E-state index contributed by atoms with van der Waals surface area (Å²) >= 11 is 1.88. The lowest BCUT2D eigenvalue weighted by Gasteiger charge is -2.17. The maximum absolute atomic E-state index is 6.42. The second kappa shape index (κ2) is 3.45. The van der Waals surface area contributed by atoms with Gasteiger partial charge >= 0.3 is 0 Å². The molecule has 2 aliphatic rings. The van der Waals surface area contributed by atoms with E-state index in [1.54, 1.807) is 4.88 Å². The normalized spacial score (nSPS) is 18.4. The van der Waals surface area contributed by atoms with E-state index in [0.717, 1.165) is 18.5 Å². The van der Waals surface area contributed by atoms with Gasteiger partial charge in [-0.3, -0.25) is 0 Å². The van der Waals surface area contributed by atoms with Crippen molar-refractivity contribution in [3.05, 3.63) is 21.7 Å². The number of aryl methyl sites for hydroxylation is 3. The van der Waals surface area contributed by atoms with E-state index in [1.807, 2.05) is 11.3 Å². The Morgan fingerprint density at radius 1 is 0.941 bits per heavy atom. The van der Waals surface area contributed by atoms with E-state index in [4.69, 9.17) is 10.7 Å². The minimum atomic E-state index is 1.06. The van der Waals surface area contributed by atoms with Gasteiger partial charge < -0.3 is 5.73 Å². The van der Waals surface area contributed by atoms with Crippen molar-refractivity contribution in [2.75, 3.05) is 5.73 Å². The van der Waals surface area contributed by atoms with Gasteiger partial charge in [-0.15, -0.1) is 11.3 Å². The van der Waals surface area contributed by atoms with Crippen LogP contribution in [-0.4, -0.2) is 4.98 Å². The summed E-state index contributed by atoms with van der Waals surface area (Å²) in [5.41, 5.74) is 11.6. The van der Waals surface area contributed by atoms with Crippen molar-refractivity contribution in [2.24, 2.45) is 0 Å². The molecule has 2 aromatic rings. The van der Waals surface area contributed by atoms with E-state index in [2.05, 4.69) is 0 Å². The summed E-state index contributed by atoms with van der Waals surface area (Å²) in [6, 6.07) is 0. The zero-order chi connectivity index (χ0) is 11.4. The van der Waals surface area contributed by atoms with Gasteiger partial charge in [-0.25, -0.2) is 4.98 Å². The maximum Gasteiger partial charge on any atom is 0.126 e. The van der Waals surface area contributed by atoms with Crippen LogP contribution < -0.4 is 5.73 Å². The summed E-state index contributed by atoms with van der Waals surface area (Å²) in [5, 5.41) is 1.31. The van der Waals surface area contributed by atoms with Gasteiger partial charge in [0.25, 0.3) is 0 Å². The van der Waals surface area contributed by atoms with E-state index in [0.29, 0.717) is 0 Å². The number of hydrogen-bond acceptors (Lipinski definition) is 3. The zero-order valence-corrected chi connectivity index (χ0v) is 10.7. The topological polar surface area (TPSA) is 38.9 Å². The molecule has 0 bridgehead atoms. The molecular formula is C14H16N2S. The van der Waals surface area contributed by atoms with Gasteiger partial charge in [0.05, 0.1) is 0 Å². The van der Waals surface area contributed by atoms with E-state index in [9.17, 15) is 0 Å². The molecule has 0 unspecified atom stereocenters. The lowest BCUT2D eigenvalue weighted by molar-refractivity contribution is 0.673. The number of fused-ring (bicyclic) bond motifs is 4. The maximum atomic E-state index is 6.42. The molecule has 0 spiro atoms. The zero-order valence-electron chi connectivity index (χ0n) is 9.88. The lowest BCUT2D eigenvalue weighted by atomic mass is 9.93. The van der Waals surface area contributed by atoms with E-state index < -0.39 is 0 Å². The first kappa shape index (κ1) is 9.89. The third-order valence-corrected chi connectivity index (χ3v) is 5.36. The highest BCUT2D eigenvalue weighted by Crippen LogP contribution is 2.42. The van der Waals surface area contributed by atoms with Crippen molar-refractivity contribution >= 4 is 27.2 Å². The number of aromatic nitrogens is 1. The lowest BCUT2D eigenvalue weighted by Crippen LogP contribution is -2.09. The second-order valence-electron chi connectivity index (χ2n) is 5.20. The molecular weight excluding hydrogens is 228 g/mol. The first-order valence-corrected chi connectivity index (χ1v) is 7.37. The number of hydrogen-bond donors (Lipinski definition) is 1. The summed E-state index contributed by atoms with van der Waals surface area (Å²) in [6.45, 7) is 0. The van der Waals surface area contributed by atoms with Gasteiger partial charge in [-0.05, 0) is 56.1 Å². The molecule has 0 saturated carbocycles. The second-order valence-corrected chi connectivity index (χ2v) is 6.28. The monoisotopic (exact) mass is 244 g/mol. The predicted octanol–water partition coefficient (Wildman–Crippen LogP) is 3.25. The Kier molecular flexibility index (Phi) is 2.01. The van der Waals surface area contributed by atoms with Crippen molar-refractivity contribution in [1.82, 2.24) is 4.98 Å². The Balaban J connectivity index is 2.08. The fraction of sp³-hybridized carbons (Fsp3) is 0.500. The van der Waals surface area contributed by atoms with E-state index >= 15 is 0 Å². The molecule has 0 aliphatic heterocycles. The first-order chi connectivity index (χ1) is 8.34. The Labute approximate surface area is 105 Å². The van der Waals surface area contributed by atoms with Crippen LogP contribution in [0.3, 0.4) is 0 Å². The van der Waals surface area contributed by atoms with Crippen LogP contribution in [0.25, 0.3) is 10.2 Å². The molecule has 4 rings (SSSR count). The molecule has 17 heavy (non-hydrogen) atoms. The average Bonchev–Trinajstić information content (AvgIpc) is 2.89. The van der Waals surface area contributed by atoms with Crippen LogP contribution in [0.1, 0.15) is 41.0 Å². The van der Waals surface area contributed by atoms with Crippen LogP contribution >= 0.6 is 11.3 Å².